The summed E-state index contributed by atoms with van der Waals surface area (Å²) in [5, 5.41) is 30.1. The van der Waals surface area contributed by atoms with E-state index < -0.39 is 21.4 Å². The third-order valence-corrected chi connectivity index (χ3v) is 4.45. The molecule has 2 aromatic rings. The average molecular weight is 379 g/mol. The predicted molar refractivity (Wildman–Crippen MR) is 94.1 cm³/mol. The predicted octanol–water partition coefficient (Wildman–Crippen LogP) is 1.50. The molecular formula is C15H21N7O5. The molecule has 0 saturated heterocycles. The molecular weight excluding hydrogens is 358 g/mol. The highest BCUT2D eigenvalue weighted by Gasteiger charge is 2.36. The number of carbonyl (C=O) groups excluding carboxylic acids is 1. The number of nitrogens with zero attached hydrogens (tertiary/aromatic N) is 7. The van der Waals surface area contributed by atoms with Crippen molar-refractivity contribution in [2.75, 3.05) is 7.05 Å². The number of carbonyl (C=O) groups is 1. The van der Waals surface area contributed by atoms with Gasteiger partial charge in [-0.15, -0.1) is 0 Å². The van der Waals surface area contributed by atoms with Gasteiger partial charge in [-0.2, -0.15) is 9.78 Å². The maximum Gasteiger partial charge on any atom is 0.468 e. The second kappa shape index (κ2) is 7.51. The molecule has 0 atom stereocenters. The second-order valence-electron chi connectivity index (χ2n) is 6.14. The lowest BCUT2D eigenvalue weighted by atomic mass is 10.2. The Bertz CT molecular complexity index is 914. The van der Waals surface area contributed by atoms with E-state index in [1.54, 1.807) is 7.05 Å². The summed E-state index contributed by atoms with van der Waals surface area (Å²) in [6.07, 6.45) is 0. The largest absolute Gasteiger partial charge is 0.468 e. The zero-order chi connectivity index (χ0) is 20.5. The first kappa shape index (κ1) is 20.0. The first-order valence-electron chi connectivity index (χ1n) is 8.21. The number of amides is 1. The van der Waals surface area contributed by atoms with Gasteiger partial charge in [-0.3, -0.25) is 19.6 Å². The van der Waals surface area contributed by atoms with Gasteiger partial charge in [0.1, 0.15) is 12.2 Å². The summed E-state index contributed by atoms with van der Waals surface area (Å²) >= 11 is 0. The maximum atomic E-state index is 12.5. The van der Waals surface area contributed by atoms with Crippen LogP contribution in [0.25, 0.3) is 0 Å². The minimum absolute atomic E-state index is 0.0420. The van der Waals surface area contributed by atoms with E-state index in [2.05, 4.69) is 10.2 Å². The Morgan fingerprint density at radius 2 is 1.70 bits per heavy atom. The molecule has 0 aliphatic carbocycles. The van der Waals surface area contributed by atoms with Crippen molar-refractivity contribution in [3.63, 3.8) is 0 Å². The highest BCUT2D eigenvalue weighted by atomic mass is 16.6. The summed E-state index contributed by atoms with van der Waals surface area (Å²) < 4.78 is 2.83. The first-order valence-corrected chi connectivity index (χ1v) is 8.21. The van der Waals surface area contributed by atoms with Crippen LogP contribution < -0.4 is 0 Å². The molecule has 0 N–H and O–H groups in total. The molecule has 146 valence electrons. The van der Waals surface area contributed by atoms with Crippen LogP contribution in [0.2, 0.25) is 0 Å². The number of rotatable bonds is 7. The number of aromatic nitrogens is 4. The van der Waals surface area contributed by atoms with Gasteiger partial charge in [0.15, 0.2) is 0 Å². The second-order valence-corrected chi connectivity index (χ2v) is 6.14. The smallest absolute Gasteiger partial charge is 0.358 e. The molecule has 0 unspecified atom stereocenters. The van der Waals surface area contributed by atoms with Crippen LogP contribution in [0.5, 0.6) is 0 Å². The molecule has 0 aliphatic rings. The molecule has 0 fully saturated rings. The van der Waals surface area contributed by atoms with Crippen molar-refractivity contribution in [1.82, 2.24) is 24.5 Å². The van der Waals surface area contributed by atoms with Gasteiger partial charge in [-0.05, 0) is 32.6 Å². The van der Waals surface area contributed by atoms with Crippen LogP contribution in [-0.2, 0) is 24.4 Å². The van der Waals surface area contributed by atoms with Crippen molar-refractivity contribution in [2.24, 2.45) is 0 Å². The SMILES string of the molecule is CCn1nc(C)c(CN(C)C(=O)Cn2nc([N+](=O)[O-])c([N+](=O)[O-])c2C)c1C. The molecule has 2 aromatic heterocycles. The highest BCUT2D eigenvalue weighted by molar-refractivity contribution is 5.76. The molecule has 0 radical (unpaired) electrons. The highest BCUT2D eigenvalue weighted by Crippen LogP contribution is 2.29. The van der Waals surface area contributed by atoms with E-state index in [0.717, 1.165) is 21.6 Å². The standard InChI is InChI=1S/C15H21N7O5/c1-6-19-10(3)12(9(2)16-19)7-18(5)13(23)8-20-11(4)14(21(24)25)15(17-20)22(26)27/h6-8H2,1-5H3. The van der Waals surface area contributed by atoms with Crippen LogP contribution in [0.3, 0.4) is 0 Å². The van der Waals surface area contributed by atoms with Crippen molar-refractivity contribution < 1.29 is 14.6 Å². The lowest BCUT2D eigenvalue weighted by molar-refractivity contribution is -0.424. The zero-order valence-corrected chi connectivity index (χ0v) is 15.8. The summed E-state index contributed by atoms with van der Waals surface area (Å²) in [6.45, 7) is 7.75. The molecule has 1 amide bonds. The Labute approximate surface area is 154 Å². The molecule has 2 rings (SSSR count). The molecule has 12 heteroatoms. The van der Waals surface area contributed by atoms with Gasteiger partial charge in [0, 0.05) is 31.4 Å². The molecule has 0 bridgehead atoms. The van der Waals surface area contributed by atoms with E-state index in [1.807, 2.05) is 25.5 Å². The zero-order valence-electron chi connectivity index (χ0n) is 15.8. The molecule has 27 heavy (non-hydrogen) atoms. The number of hydrogen-bond donors (Lipinski definition) is 0. The van der Waals surface area contributed by atoms with Crippen molar-refractivity contribution in [2.45, 2.75) is 47.3 Å². The van der Waals surface area contributed by atoms with Crippen LogP contribution in [0.1, 0.15) is 29.6 Å². The summed E-state index contributed by atoms with van der Waals surface area (Å²) in [6, 6.07) is 0. The average Bonchev–Trinajstić information content (AvgIpc) is 3.06. The Morgan fingerprint density at radius 3 is 2.15 bits per heavy atom. The van der Waals surface area contributed by atoms with Crippen LogP contribution >= 0.6 is 0 Å². The minimum Gasteiger partial charge on any atom is -0.358 e. The lowest BCUT2D eigenvalue weighted by Crippen LogP contribution is -2.30. The molecule has 0 aromatic carbocycles. The Kier molecular flexibility index (Phi) is 5.57. The Balaban J connectivity index is 2.23. The van der Waals surface area contributed by atoms with Gasteiger partial charge in [0.2, 0.25) is 5.91 Å². The van der Waals surface area contributed by atoms with Gasteiger partial charge in [0.05, 0.1) is 15.7 Å². The van der Waals surface area contributed by atoms with Gasteiger partial charge < -0.3 is 15.0 Å². The fraction of sp³-hybridized carbons (Fsp3) is 0.533. The van der Waals surface area contributed by atoms with Crippen molar-refractivity contribution in [1.29, 1.82) is 0 Å². The molecule has 0 spiro atoms. The van der Waals surface area contributed by atoms with Crippen LogP contribution in [0.15, 0.2) is 0 Å². The Hall–Kier alpha value is -3.31. The molecule has 12 nitrogen and oxygen atoms in total. The number of likely N-dealkylation sites (N-methyl/N-ethyl adjacent to an activating group) is 1. The summed E-state index contributed by atoms with van der Waals surface area (Å²) in [5.74, 6) is -1.25. The minimum atomic E-state index is -0.929. The normalized spacial score (nSPS) is 10.9. The Morgan fingerprint density at radius 1 is 1.07 bits per heavy atom. The van der Waals surface area contributed by atoms with Crippen LogP contribution in [0, 0.1) is 41.0 Å². The van der Waals surface area contributed by atoms with E-state index >= 15 is 0 Å². The molecule has 0 saturated carbocycles. The summed E-state index contributed by atoms with van der Waals surface area (Å²) in [4.78, 5) is 34.2. The van der Waals surface area contributed by atoms with Gasteiger partial charge in [0.25, 0.3) is 0 Å². The van der Waals surface area contributed by atoms with E-state index in [-0.39, 0.29) is 18.1 Å². The van der Waals surface area contributed by atoms with Crippen molar-refractivity contribution >= 4 is 17.4 Å². The van der Waals surface area contributed by atoms with Crippen molar-refractivity contribution in [3.05, 3.63) is 42.9 Å². The quantitative estimate of drug-likeness (QED) is 0.524. The molecule has 0 aliphatic heterocycles. The van der Waals surface area contributed by atoms with Gasteiger partial charge in [-0.1, -0.05) is 0 Å². The summed E-state index contributed by atoms with van der Waals surface area (Å²) in [5.41, 5.74) is 1.94. The summed E-state index contributed by atoms with van der Waals surface area (Å²) in [7, 11) is 1.59. The van der Waals surface area contributed by atoms with E-state index in [0.29, 0.717) is 13.1 Å². The van der Waals surface area contributed by atoms with Crippen LogP contribution in [0.4, 0.5) is 11.5 Å². The van der Waals surface area contributed by atoms with E-state index in [1.165, 1.54) is 11.8 Å². The third kappa shape index (κ3) is 3.78. The number of hydrogen-bond acceptors (Lipinski definition) is 7. The van der Waals surface area contributed by atoms with Gasteiger partial charge >= 0.3 is 11.5 Å². The van der Waals surface area contributed by atoms with Crippen molar-refractivity contribution in [3.8, 4) is 0 Å². The monoisotopic (exact) mass is 379 g/mol. The fourth-order valence-corrected chi connectivity index (χ4v) is 2.86. The third-order valence-electron chi connectivity index (χ3n) is 4.45. The van der Waals surface area contributed by atoms with Gasteiger partial charge in [-0.25, -0.2) is 0 Å². The topological polar surface area (TPSA) is 142 Å². The number of nitro groups is 2. The van der Waals surface area contributed by atoms with Crippen LogP contribution in [-0.4, -0.2) is 47.3 Å². The number of aryl methyl sites for hydroxylation is 2. The molecule has 2 heterocycles. The lowest BCUT2D eigenvalue weighted by Gasteiger charge is -2.17. The first-order chi connectivity index (χ1) is 12.6. The fourth-order valence-electron chi connectivity index (χ4n) is 2.86. The van der Waals surface area contributed by atoms with E-state index in [4.69, 9.17) is 0 Å². The van der Waals surface area contributed by atoms with E-state index in [9.17, 15) is 25.0 Å². The maximum absolute atomic E-state index is 12.5.